The number of benzene rings is 1. The average Bonchev–Trinajstić information content (AvgIpc) is 3.32. The number of hydrogen-bond donors (Lipinski definition) is 0. The third-order valence-corrected chi connectivity index (χ3v) is 6.31. The minimum absolute atomic E-state index is 0.476. The van der Waals surface area contributed by atoms with E-state index in [0.29, 0.717) is 5.92 Å². The summed E-state index contributed by atoms with van der Waals surface area (Å²) in [7, 11) is 4.10. The van der Waals surface area contributed by atoms with Gasteiger partial charge >= 0.3 is 0 Å². The van der Waals surface area contributed by atoms with Gasteiger partial charge in [0, 0.05) is 73.4 Å². The number of rotatable bonds is 4. The van der Waals surface area contributed by atoms with Gasteiger partial charge in [-0.25, -0.2) is 0 Å². The smallest absolute Gasteiger partial charge is 0.0568 e. The molecule has 5 heteroatoms. The van der Waals surface area contributed by atoms with Crippen molar-refractivity contribution in [2.45, 2.75) is 32.2 Å². The van der Waals surface area contributed by atoms with Gasteiger partial charge in [0.25, 0.3) is 0 Å². The van der Waals surface area contributed by atoms with Crippen molar-refractivity contribution in [1.82, 2.24) is 24.2 Å². The van der Waals surface area contributed by atoms with Gasteiger partial charge in [0.2, 0.25) is 0 Å². The van der Waals surface area contributed by atoms with Crippen molar-refractivity contribution in [1.29, 1.82) is 0 Å². The lowest BCUT2D eigenvalue weighted by molar-refractivity contribution is 0.199. The molecule has 4 heterocycles. The maximum Gasteiger partial charge on any atom is 0.0568 e. The Morgan fingerprint density at radius 2 is 1.93 bits per heavy atom. The van der Waals surface area contributed by atoms with E-state index in [0.717, 1.165) is 30.9 Å². The van der Waals surface area contributed by atoms with Crippen molar-refractivity contribution < 1.29 is 0 Å². The van der Waals surface area contributed by atoms with E-state index in [1.807, 2.05) is 17.9 Å². The minimum atomic E-state index is 0.476. The van der Waals surface area contributed by atoms with Crippen molar-refractivity contribution in [2.75, 3.05) is 13.1 Å². The first-order valence-corrected chi connectivity index (χ1v) is 10.8. The maximum atomic E-state index is 4.93. The molecule has 0 bridgehead atoms. The summed E-state index contributed by atoms with van der Waals surface area (Å²) in [6.45, 7) is 5.31. The van der Waals surface area contributed by atoms with Crippen LogP contribution in [-0.2, 0) is 20.6 Å². The molecule has 4 aromatic rings. The van der Waals surface area contributed by atoms with Crippen molar-refractivity contribution in [3.8, 4) is 11.1 Å². The average molecular weight is 400 g/mol. The number of hydrogen-bond acceptors (Lipinski definition) is 3. The van der Waals surface area contributed by atoms with Crippen LogP contribution in [0, 0.1) is 6.92 Å². The fourth-order valence-electron chi connectivity index (χ4n) is 4.87. The van der Waals surface area contributed by atoms with Crippen LogP contribution in [0.15, 0.2) is 55.0 Å². The first kappa shape index (κ1) is 19.1. The van der Waals surface area contributed by atoms with E-state index in [4.69, 9.17) is 4.98 Å². The van der Waals surface area contributed by atoms with Crippen LogP contribution in [0.4, 0.5) is 0 Å². The van der Waals surface area contributed by atoms with Crippen molar-refractivity contribution >= 4 is 10.9 Å². The van der Waals surface area contributed by atoms with E-state index in [-0.39, 0.29) is 0 Å². The number of pyridine rings is 1. The second-order valence-corrected chi connectivity index (χ2v) is 8.68. The predicted octanol–water partition coefficient (Wildman–Crippen LogP) is 4.66. The molecule has 0 saturated carbocycles. The van der Waals surface area contributed by atoms with Crippen molar-refractivity contribution in [3.63, 3.8) is 0 Å². The van der Waals surface area contributed by atoms with E-state index in [1.165, 1.54) is 40.6 Å². The van der Waals surface area contributed by atoms with E-state index < -0.39 is 0 Å². The zero-order valence-corrected chi connectivity index (χ0v) is 18.0. The molecule has 0 aliphatic carbocycles. The highest BCUT2D eigenvalue weighted by molar-refractivity contribution is 5.83. The first-order valence-electron chi connectivity index (χ1n) is 10.8. The summed E-state index contributed by atoms with van der Waals surface area (Å²) in [6.07, 6.45) is 8.72. The molecule has 30 heavy (non-hydrogen) atoms. The maximum absolute atomic E-state index is 4.93. The van der Waals surface area contributed by atoms with Gasteiger partial charge in [-0.1, -0.05) is 18.2 Å². The van der Waals surface area contributed by atoms with Gasteiger partial charge in [0.1, 0.15) is 0 Å². The number of nitrogens with zero attached hydrogens (tertiary/aromatic N) is 5. The van der Waals surface area contributed by atoms with Crippen LogP contribution >= 0.6 is 0 Å². The lowest BCUT2D eigenvalue weighted by atomic mass is 9.92. The molecule has 0 spiro atoms. The lowest BCUT2D eigenvalue weighted by Crippen LogP contribution is -2.34. The van der Waals surface area contributed by atoms with Gasteiger partial charge in [-0.05, 0) is 55.6 Å². The van der Waals surface area contributed by atoms with Gasteiger partial charge in [0.05, 0.1) is 6.20 Å². The Kier molecular flexibility index (Phi) is 4.91. The van der Waals surface area contributed by atoms with Gasteiger partial charge in [-0.15, -0.1) is 0 Å². The Hall–Kier alpha value is -2.92. The van der Waals surface area contributed by atoms with Crippen LogP contribution in [0.3, 0.4) is 0 Å². The van der Waals surface area contributed by atoms with Crippen LogP contribution in [0.1, 0.15) is 35.7 Å². The summed E-state index contributed by atoms with van der Waals surface area (Å²) in [4.78, 5) is 7.53. The van der Waals surface area contributed by atoms with Gasteiger partial charge in [-0.2, -0.15) is 5.10 Å². The molecule has 5 rings (SSSR count). The van der Waals surface area contributed by atoms with E-state index in [1.54, 1.807) is 0 Å². The number of aryl methyl sites for hydroxylation is 3. The Morgan fingerprint density at radius 1 is 1.07 bits per heavy atom. The highest BCUT2D eigenvalue weighted by Gasteiger charge is 2.24. The molecule has 1 aliphatic rings. The monoisotopic (exact) mass is 399 g/mol. The fraction of sp³-hybridized carbons (Fsp3) is 0.360. The normalized spacial score (nSPS) is 17.6. The highest BCUT2D eigenvalue weighted by Crippen LogP contribution is 2.31. The lowest BCUT2D eigenvalue weighted by Gasteiger charge is -2.32. The second-order valence-electron chi connectivity index (χ2n) is 8.68. The van der Waals surface area contributed by atoms with Crippen molar-refractivity contribution in [3.05, 3.63) is 71.9 Å². The Bertz CT molecular complexity index is 1190. The molecule has 5 nitrogen and oxygen atoms in total. The molecule has 1 fully saturated rings. The minimum Gasteiger partial charge on any atom is -0.350 e. The van der Waals surface area contributed by atoms with Crippen LogP contribution in [0.25, 0.3) is 22.0 Å². The zero-order valence-electron chi connectivity index (χ0n) is 18.0. The third kappa shape index (κ3) is 3.65. The molecular weight excluding hydrogens is 370 g/mol. The molecule has 3 aromatic heterocycles. The molecule has 0 radical (unpaired) electrons. The quantitative estimate of drug-likeness (QED) is 0.501. The van der Waals surface area contributed by atoms with Gasteiger partial charge < -0.3 is 4.57 Å². The van der Waals surface area contributed by atoms with Crippen molar-refractivity contribution in [2.24, 2.45) is 14.1 Å². The number of piperidine rings is 1. The predicted molar refractivity (Wildman–Crippen MR) is 121 cm³/mol. The third-order valence-electron chi connectivity index (χ3n) is 6.31. The summed E-state index contributed by atoms with van der Waals surface area (Å²) in [5.74, 6) is 0.476. The number of likely N-dealkylation sites (tertiary alicyclic amines) is 1. The Morgan fingerprint density at radius 3 is 2.77 bits per heavy atom. The molecule has 1 atom stereocenters. The standard InChI is InChI=1S/C25H29N5/c1-18-11-20(21-13-26-29(3)15-21)12-24(27-18)19-7-6-10-30(16-19)17-22-14-28(2)25-9-5-4-8-23(22)25/h4-5,8-9,11-15,19H,6-7,10,16-17H2,1-3H3/t19-/m0/s1. The molecule has 154 valence electrons. The molecular formula is C25H29N5. The number of aromatic nitrogens is 4. The topological polar surface area (TPSA) is 38.9 Å². The summed E-state index contributed by atoms with van der Waals surface area (Å²) < 4.78 is 4.10. The van der Waals surface area contributed by atoms with Crippen LogP contribution in [-0.4, -0.2) is 37.3 Å². The summed E-state index contributed by atoms with van der Waals surface area (Å²) in [6, 6.07) is 13.1. The van der Waals surface area contributed by atoms with Gasteiger partial charge in [0.15, 0.2) is 0 Å². The second kappa shape index (κ2) is 7.73. The van der Waals surface area contributed by atoms with E-state index >= 15 is 0 Å². The fourth-order valence-corrected chi connectivity index (χ4v) is 4.87. The molecule has 0 N–H and O–H groups in total. The summed E-state index contributed by atoms with van der Waals surface area (Å²) in [5.41, 5.74) is 7.41. The van der Waals surface area contributed by atoms with Gasteiger partial charge in [-0.3, -0.25) is 14.6 Å². The number of fused-ring (bicyclic) bond motifs is 1. The molecule has 1 aliphatic heterocycles. The Labute approximate surface area is 178 Å². The highest BCUT2D eigenvalue weighted by atomic mass is 15.2. The first-order chi connectivity index (χ1) is 14.6. The van der Waals surface area contributed by atoms with E-state index in [9.17, 15) is 0 Å². The van der Waals surface area contributed by atoms with E-state index in [2.05, 4.69) is 77.3 Å². The Balaban J connectivity index is 1.38. The van der Waals surface area contributed by atoms with Crippen LogP contribution in [0.2, 0.25) is 0 Å². The SMILES string of the molecule is Cc1cc(-c2cnn(C)c2)cc([C@H]2CCCN(Cc3cn(C)c4ccccc34)C2)n1. The van der Waals surface area contributed by atoms with Crippen LogP contribution in [0.5, 0.6) is 0 Å². The largest absolute Gasteiger partial charge is 0.350 e. The number of para-hydroxylation sites is 1. The zero-order chi connectivity index (χ0) is 20.7. The summed E-state index contributed by atoms with van der Waals surface area (Å²) >= 11 is 0. The molecule has 0 amide bonds. The summed E-state index contributed by atoms with van der Waals surface area (Å²) in [5, 5.41) is 5.71. The van der Waals surface area contributed by atoms with Crippen LogP contribution < -0.4 is 0 Å². The molecule has 1 saturated heterocycles. The molecule has 1 aromatic carbocycles. The molecule has 0 unspecified atom stereocenters.